The molecule has 4 nitrogen and oxygen atoms in total. The van der Waals surface area contributed by atoms with Crippen molar-refractivity contribution in [3.05, 3.63) is 186 Å². The molecule has 9 aromatic rings. The van der Waals surface area contributed by atoms with Gasteiger partial charge in [0, 0.05) is 45.3 Å². The fraction of sp³-hybridized carbons (Fsp3) is 0.102. The molecule has 10 rings (SSSR count). The molecule has 0 unspecified atom stereocenters. The molecule has 2 aromatic heterocycles. The van der Waals surface area contributed by atoms with Crippen molar-refractivity contribution in [3.63, 3.8) is 0 Å². The van der Waals surface area contributed by atoms with E-state index in [2.05, 4.69) is 105 Å². The van der Waals surface area contributed by atoms with Crippen LogP contribution in [0.25, 0.3) is 71.8 Å². The predicted octanol–water partition coefficient (Wildman–Crippen LogP) is 12.1. The third-order valence-electron chi connectivity index (χ3n) is 10.8. The van der Waals surface area contributed by atoms with E-state index in [0.717, 1.165) is 67.1 Å². The summed E-state index contributed by atoms with van der Waals surface area (Å²) >= 11 is 0. The molecule has 0 saturated carbocycles. The largest absolute Gasteiger partial charge is 0.456 e. The van der Waals surface area contributed by atoms with Gasteiger partial charge in [0.25, 0.3) is 0 Å². The Kier molecular flexibility index (Phi) is 7.98. The first-order valence-electron chi connectivity index (χ1n) is 18.2. The van der Waals surface area contributed by atoms with Crippen LogP contribution in [0.2, 0.25) is 0 Å². The van der Waals surface area contributed by atoms with Gasteiger partial charge in [-0.15, -0.1) is 0 Å². The zero-order valence-electron chi connectivity index (χ0n) is 29.9. The summed E-state index contributed by atoms with van der Waals surface area (Å²) in [6.45, 7) is 5.15. The summed E-state index contributed by atoms with van der Waals surface area (Å²) in [7, 11) is 0. The molecule has 0 bridgehead atoms. The van der Waals surface area contributed by atoms with Gasteiger partial charge in [-0.25, -0.2) is 0 Å². The number of fused-ring (bicyclic) bond motifs is 9. The van der Waals surface area contributed by atoms with E-state index in [1.165, 1.54) is 38.9 Å². The molecule has 0 saturated heterocycles. The number of hydrogen-bond donors (Lipinski definition) is 2. The Morgan fingerprint density at radius 2 is 1.11 bits per heavy atom. The van der Waals surface area contributed by atoms with Gasteiger partial charge in [0.1, 0.15) is 22.3 Å². The summed E-state index contributed by atoms with van der Waals surface area (Å²) in [5, 5.41) is 4.38. The van der Waals surface area contributed by atoms with Crippen LogP contribution in [0.5, 0.6) is 0 Å². The molecule has 4 heteroatoms. The molecule has 1 aliphatic carbocycles. The minimum Gasteiger partial charge on any atom is -0.456 e. The predicted molar refractivity (Wildman–Crippen MR) is 221 cm³/mol. The van der Waals surface area contributed by atoms with Crippen LogP contribution in [-0.4, -0.2) is 0 Å². The average Bonchev–Trinajstić information content (AvgIpc) is 3.82. The van der Waals surface area contributed by atoms with E-state index in [1.807, 2.05) is 66.7 Å². The lowest BCUT2D eigenvalue weighted by molar-refractivity contribution is 0.656. The number of allylic oxidation sites excluding steroid dienone is 1. The van der Waals surface area contributed by atoms with Crippen LogP contribution < -0.4 is 11.5 Å². The fourth-order valence-corrected chi connectivity index (χ4v) is 7.87. The number of benzene rings is 7. The van der Waals surface area contributed by atoms with Gasteiger partial charge < -0.3 is 20.3 Å². The molecular weight excluding hydrogens is 649 g/mol. The highest BCUT2D eigenvalue weighted by Crippen LogP contribution is 2.49. The lowest BCUT2D eigenvalue weighted by atomic mass is 9.81. The third kappa shape index (κ3) is 5.78. The molecule has 0 fully saturated rings. The first-order valence-corrected chi connectivity index (χ1v) is 18.2. The maximum absolute atomic E-state index is 6.26. The van der Waals surface area contributed by atoms with Crippen LogP contribution in [0.3, 0.4) is 0 Å². The Balaban J connectivity index is 0.000000196. The van der Waals surface area contributed by atoms with Gasteiger partial charge in [0.2, 0.25) is 0 Å². The number of hydrogen-bond acceptors (Lipinski definition) is 4. The monoisotopic (exact) mass is 688 g/mol. The normalized spacial score (nSPS) is 13.3. The Morgan fingerprint density at radius 3 is 1.85 bits per heavy atom. The molecule has 2 heterocycles. The van der Waals surface area contributed by atoms with E-state index >= 15 is 0 Å². The minimum atomic E-state index is -0.0231. The Morgan fingerprint density at radius 1 is 0.528 bits per heavy atom. The molecule has 0 spiro atoms. The second-order valence-electron chi connectivity index (χ2n) is 14.4. The SMILES string of the molecule is CC1(C)c2ccccc2-c2ccc(-c3ccc4oc5cc6oc7ccc(CN)cc7c6cc5c4c3)cc21.N/C(=C\Cc1ccccc1)c1ccccc1. The van der Waals surface area contributed by atoms with Crippen molar-refractivity contribution in [2.24, 2.45) is 11.5 Å². The maximum Gasteiger partial charge on any atom is 0.139 e. The van der Waals surface area contributed by atoms with Crippen molar-refractivity contribution < 1.29 is 8.83 Å². The molecule has 258 valence electrons. The van der Waals surface area contributed by atoms with E-state index in [1.54, 1.807) is 0 Å². The van der Waals surface area contributed by atoms with Crippen LogP contribution in [-0.2, 0) is 18.4 Å². The lowest BCUT2D eigenvalue weighted by Crippen LogP contribution is -2.14. The van der Waals surface area contributed by atoms with Gasteiger partial charge in [-0.2, -0.15) is 0 Å². The van der Waals surface area contributed by atoms with E-state index < -0.39 is 0 Å². The van der Waals surface area contributed by atoms with E-state index in [9.17, 15) is 0 Å². The fourth-order valence-electron chi connectivity index (χ4n) is 7.87. The highest BCUT2D eigenvalue weighted by atomic mass is 16.3. The molecule has 0 atom stereocenters. The number of nitrogens with two attached hydrogens (primary N) is 2. The standard InChI is InChI=1S/C34H25NO2.C15H15N/c1-34(2)28-6-4-3-5-22(28)23-10-8-21(15-29(23)34)20-9-12-31-25(14-20)27-16-26-24-13-19(18-35)7-11-30(24)36-32(26)17-33(27)37-31;16-15(14-9-5-2-6-10-14)12-11-13-7-3-1-4-8-13/h3-17H,18,35H2,1-2H3;1-10,12H,11,16H2/b;15-12-. The van der Waals surface area contributed by atoms with Crippen molar-refractivity contribution >= 4 is 49.6 Å². The van der Waals surface area contributed by atoms with Crippen molar-refractivity contribution in [3.8, 4) is 22.3 Å². The first kappa shape index (κ1) is 32.5. The van der Waals surface area contributed by atoms with Gasteiger partial charge in [-0.05, 0) is 92.9 Å². The summed E-state index contributed by atoms with van der Waals surface area (Å²) < 4.78 is 12.4. The van der Waals surface area contributed by atoms with E-state index in [-0.39, 0.29) is 5.41 Å². The smallest absolute Gasteiger partial charge is 0.139 e. The molecule has 0 radical (unpaired) electrons. The Hall–Kier alpha value is -6.36. The van der Waals surface area contributed by atoms with Gasteiger partial charge >= 0.3 is 0 Å². The molecule has 4 N–H and O–H groups in total. The zero-order chi connectivity index (χ0) is 36.1. The van der Waals surface area contributed by atoms with Gasteiger partial charge in [0.15, 0.2) is 0 Å². The van der Waals surface area contributed by atoms with Crippen LogP contribution >= 0.6 is 0 Å². The van der Waals surface area contributed by atoms with Crippen molar-refractivity contribution in [1.29, 1.82) is 0 Å². The molecule has 1 aliphatic rings. The average molecular weight is 689 g/mol. The van der Waals surface area contributed by atoms with Gasteiger partial charge in [-0.3, -0.25) is 0 Å². The topological polar surface area (TPSA) is 78.3 Å². The van der Waals surface area contributed by atoms with Gasteiger partial charge in [-0.1, -0.05) is 129 Å². The van der Waals surface area contributed by atoms with Crippen molar-refractivity contribution in [2.45, 2.75) is 32.2 Å². The minimum absolute atomic E-state index is 0.0231. The highest BCUT2D eigenvalue weighted by Gasteiger charge is 2.35. The highest BCUT2D eigenvalue weighted by molar-refractivity contribution is 6.15. The molecule has 53 heavy (non-hydrogen) atoms. The molecular formula is C49H40N2O2. The molecule has 7 aromatic carbocycles. The lowest BCUT2D eigenvalue weighted by Gasteiger charge is -2.22. The molecule has 0 aliphatic heterocycles. The number of rotatable bonds is 5. The van der Waals surface area contributed by atoms with E-state index in [0.29, 0.717) is 6.54 Å². The Labute approximate surface area is 309 Å². The second kappa shape index (κ2) is 13.0. The van der Waals surface area contributed by atoms with Crippen LogP contribution in [0, 0.1) is 0 Å². The summed E-state index contributed by atoms with van der Waals surface area (Å²) in [5.41, 5.74) is 27.5. The maximum atomic E-state index is 6.26. The summed E-state index contributed by atoms with van der Waals surface area (Å²) in [5.74, 6) is 0. The number of furan rings is 2. The van der Waals surface area contributed by atoms with Gasteiger partial charge in [0.05, 0.1) is 0 Å². The third-order valence-corrected chi connectivity index (χ3v) is 10.8. The van der Waals surface area contributed by atoms with Crippen LogP contribution in [0.4, 0.5) is 0 Å². The second-order valence-corrected chi connectivity index (χ2v) is 14.4. The van der Waals surface area contributed by atoms with Crippen LogP contribution in [0.1, 0.15) is 41.7 Å². The Bertz CT molecular complexity index is 2820. The summed E-state index contributed by atoms with van der Waals surface area (Å²) in [6, 6.07) is 52.9. The first-order chi connectivity index (χ1) is 25.9. The quantitative estimate of drug-likeness (QED) is 0.189. The van der Waals surface area contributed by atoms with Crippen molar-refractivity contribution in [1.82, 2.24) is 0 Å². The molecule has 0 amide bonds. The zero-order valence-corrected chi connectivity index (χ0v) is 29.9. The van der Waals surface area contributed by atoms with Crippen LogP contribution in [0.15, 0.2) is 167 Å². The summed E-state index contributed by atoms with van der Waals surface area (Å²) in [4.78, 5) is 0. The summed E-state index contributed by atoms with van der Waals surface area (Å²) in [6.07, 6.45) is 2.94. The van der Waals surface area contributed by atoms with Crippen molar-refractivity contribution in [2.75, 3.05) is 0 Å². The van der Waals surface area contributed by atoms with E-state index in [4.69, 9.17) is 20.3 Å².